The molecule has 1 amide bonds. The molecule has 0 bridgehead atoms. The summed E-state index contributed by atoms with van der Waals surface area (Å²) < 4.78 is 13.6. The zero-order valence-corrected chi connectivity index (χ0v) is 23.6. The van der Waals surface area contributed by atoms with Crippen molar-refractivity contribution in [3.8, 4) is 11.3 Å². The number of aryl methyl sites for hydroxylation is 2. The molecule has 13 heteroatoms. The van der Waals surface area contributed by atoms with E-state index in [1.165, 1.54) is 11.5 Å². The van der Waals surface area contributed by atoms with E-state index in [1.54, 1.807) is 22.0 Å². The van der Waals surface area contributed by atoms with E-state index in [2.05, 4.69) is 19.8 Å². The van der Waals surface area contributed by atoms with Crippen LogP contribution in [0.2, 0.25) is 10.2 Å². The van der Waals surface area contributed by atoms with Gasteiger partial charge in [0.15, 0.2) is 11.5 Å². The SMILES string of the molecule is Cc1nsc(Nc2nc(C3CCCN(C(=O)OC(C)(C)C)C3)c(Cl)n3c(-c4cnn(C)c4)cnc23)c1Cl. The van der Waals surface area contributed by atoms with E-state index in [0.29, 0.717) is 45.4 Å². The highest BCUT2D eigenvalue weighted by atomic mass is 35.5. The highest BCUT2D eigenvalue weighted by molar-refractivity contribution is 7.11. The summed E-state index contributed by atoms with van der Waals surface area (Å²) in [6.45, 7) is 8.51. The molecule has 5 rings (SSSR count). The van der Waals surface area contributed by atoms with Crippen LogP contribution in [0.3, 0.4) is 0 Å². The summed E-state index contributed by atoms with van der Waals surface area (Å²) in [5, 5.41) is 9.28. The molecule has 4 aromatic rings. The molecule has 0 aromatic carbocycles. The summed E-state index contributed by atoms with van der Waals surface area (Å²) in [5.74, 6) is 0.413. The molecule has 0 aliphatic carbocycles. The van der Waals surface area contributed by atoms with Crippen LogP contribution in [0.25, 0.3) is 16.9 Å². The number of amides is 1. The lowest BCUT2D eigenvalue weighted by Crippen LogP contribution is -2.42. The summed E-state index contributed by atoms with van der Waals surface area (Å²) in [5.41, 5.74) is 3.04. The number of nitrogens with one attached hydrogen (secondary N) is 1. The Labute approximate surface area is 228 Å². The van der Waals surface area contributed by atoms with Gasteiger partial charge >= 0.3 is 6.09 Å². The van der Waals surface area contributed by atoms with Gasteiger partial charge in [-0.15, -0.1) is 0 Å². The van der Waals surface area contributed by atoms with Gasteiger partial charge in [0.1, 0.15) is 15.8 Å². The Morgan fingerprint density at radius 2 is 2.05 bits per heavy atom. The van der Waals surface area contributed by atoms with Crippen molar-refractivity contribution < 1.29 is 9.53 Å². The van der Waals surface area contributed by atoms with E-state index in [-0.39, 0.29) is 12.0 Å². The standard InChI is InChI=1S/C24H28Cl2N8O2S/c1-13-17(25)22(37-31-13)30-20-21-27-10-16(15-9-28-32(5)11-15)34(21)19(26)18(29-20)14-7-6-8-33(12-14)23(35)36-24(2,3)4/h9-11,14H,6-8,12H2,1-5H3,(H,29,30). The molecule has 1 aliphatic heterocycles. The molecular formula is C24H28Cl2N8O2S. The Morgan fingerprint density at radius 1 is 1.27 bits per heavy atom. The van der Waals surface area contributed by atoms with Gasteiger partial charge in [-0.3, -0.25) is 9.08 Å². The van der Waals surface area contributed by atoms with E-state index < -0.39 is 5.60 Å². The molecule has 0 saturated carbocycles. The smallest absolute Gasteiger partial charge is 0.410 e. The molecule has 0 spiro atoms. The van der Waals surface area contributed by atoms with Crippen LogP contribution in [0.4, 0.5) is 15.6 Å². The number of hydrogen-bond donors (Lipinski definition) is 1. The highest BCUT2D eigenvalue weighted by Crippen LogP contribution is 2.38. The first kappa shape index (κ1) is 25.7. The van der Waals surface area contributed by atoms with Crippen molar-refractivity contribution in [1.82, 2.24) is 33.4 Å². The number of ether oxygens (including phenoxy) is 1. The molecule has 5 heterocycles. The number of likely N-dealkylation sites (tertiary alicyclic amines) is 1. The fraction of sp³-hybridized carbons (Fsp3) is 0.458. The monoisotopic (exact) mass is 562 g/mol. The highest BCUT2D eigenvalue weighted by Gasteiger charge is 2.32. The van der Waals surface area contributed by atoms with Crippen LogP contribution in [0.5, 0.6) is 0 Å². The number of carbonyl (C=O) groups is 1. The zero-order valence-electron chi connectivity index (χ0n) is 21.2. The number of nitrogens with zero attached hydrogens (tertiary/aromatic N) is 7. The fourth-order valence-electron chi connectivity index (χ4n) is 4.39. The average molecular weight is 564 g/mol. The third kappa shape index (κ3) is 5.12. The van der Waals surface area contributed by atoms with Gasteiger partial charge in [0.05, 0.1) is 34.5 Å². The van der Waals surface area contributed by atoms with Crippen LogP contribution in [-0.4, -0.2) is 58.2 Å². The predicted octanol–water partition coefficient (Wildman–Crippen LogP) is 6.06. The maximum absolute atomic E-state index is 12.8. The van der Waals surface area contributed by atoms with Gasteiger partial charge in [0.25, 0.3) is 0 Å². The molecule has 0 radical (unpaired) electrons. The Hall–Kier alpha value is -2.89. The summed E-state index contributed by atoms with van der Waals surface area (Å²) in [6, 6.07) is 0. The van der Waals surface area contributed by atoms with Crippen LogP contribution >= 0.6 is 34.7 Å². The minimum absolute atomic E-state index is 0.0958. The average Bonchev–Trinajstić information content (AvgIpc) is 3.55. The maximum atomic E-state index is 12.8. The lowest BCUT2D eigenvalue weighted by Gasteiger charge is -2.34. The molecule has 196 valence electrons. The van der Waals surface area contributed by atoms with Crippen molar-refractivity contribution in [1.29, 1.82) is 0 Å². The van der Waals surface area contributed by atoms with E-state index in [0.717, 1.165) is 29.8 Å². The molecule has 10 nitrogen and oxygen atoms in total. The second-order valence-electron chi connectivity index (χ2n) is 10.1. The molecule has 1 atom stereocenters. The van der Waals surface area contributed by atoms with Gasteiger partial charge in [-0.1, -0.05) is 23.2 Å². The van der Waals surface area contributed by atoms with E-state index in [9.17, 15) is 4.79 Å². The van der Waals surface area contributed by atoms with Gasteiger partial charge in [-0.25, -0.2) is 14.8 Å². The number of piperidine rings is 1. The number of rotatable bonds is 4. The number of aromatic nitrogens is 6. The number of imidazole rings is 1. The lowest BCUT2D eigenvalue weighted by atomic mass is 9.95. The quantitative estimate of drug-likeness (QED) is 0.322. The molecule has 4 aromatic heterocycles. The fourth-order valence-corrected chi connectivity index (χ4v) is 5.69. The van der Waals surface area contributed by atoms with Crippen molar-refractivity contribution in [2.45, 2.75) is 52.1 Å². The van der Waals surface area contributed by atoms with Crippen molar-refractivity contribution in [3.63, 3.8) is 0 Å². The van der Waals surface area contributed by atoms with Gasteiger partial charge in [-0.2, -0.15) is 9.47 Å². The summed E-state index contributed by atoms with van der Waals surface area (Å²) in [6.07, 6.45) is 6.72. The Bertz CT molecular complexity index is 1470. The van der Waals surface area contributed by atoms with Crippen LogP contribution in [0.15, 0.2) is 18.6 Å². The zero-order chi connectivity index (χ0) is 26.5. The Kier molecular flexibility index (Phi) is 6.80. The molecule has 1 saturated heterocycles. The second-order valence-corrected chi connectivity index (χ2v) is 11.7. The molecule has 1 N–H and O–H groups in total. The van der Waals surface area contributed by atoms with Crippen LogP contribution in [-0.2, 0) is 11.8 Å². The third-order valence-electron chi connectivity index (χ3n) is 6.10. The minimum atomic E-state index is -0.572. The summed E-state index contributed by atoms with van der Waals surface area (Å²) in [7, 11) is 1.86. The number of anilines is 2. The number of halogens is 2. The molecule has 37 heavy (non-hydrogen) atoms. The second kappa shape index (κ2) is 9.77. The lowest BCUT2D eigenvalue weighted by molar-refractivity contribution is 0.0197. The van der Waals surface area contributed by atoms with Crippen molar-refractivity contribution >= 4 is 57.3 Å². The van der Waals surface area contributed by atoms with E-state index in [4.69, 9.17) is 32.9 Å². The number of carbonyl (C=O) groups excluding carboxylic acids is 1. The first-order chi connectivity index (χ1) is 17.5. The minimum Gasteiger partial charge on any atom is -0.444 e. The van der Waals surface area contributed by atoms with Gasteiger partial charge in [0, 0.05) is 37.8 Å². The van der Waals surface area contributed by atoms with Crippen LogP contribution in [0.1, 0.15) is 50.9 Å². The summed E-state index contributed by atoms with van der Waals surface area (Å²) in [4.78, 5) is 24.1. The van der Waals surface area contributed by atoms with Crippen LogP contribution < -0.4 is 5.32 Å². The Morgan fingerprint density at radius 3 is 2.70 bits per heavy atom. The predicted molar refractivity (Wildman–Crippen MR) is 145 cm³/mol. The first-order valence-corrected chi connectivity index (χ1v) is 13.5. The first-order valence-electron chi connectivity index (χ1n) is 11.9. The molecule has 1 aliphatic rings. The largest absolute Gasteiger partial charge is 0.444 e. The maximum Gasteiger partial charge on any atom is 0.410 e. The topological polar surface area (TPSA) is 102 Å². The van der Waals surface area contributed by atoms with Crippen molar-refractivity contribution in [2.24, 2.45) is 7.05 Å². The van der Waals surface area contributed by atoms with Crippen molar-refractivity contribution in [2.75, 3.05) is 18.4 Å². The molecule has 1 unspecified atom stereocenters. The molecular weight excluding hydrogens is 535 g/mol. The number of fused-ring (bicyclic) bond motifs is 1. The third-order valence-corrected chi connectivity index (χ3v) is 7.89. The number of hydrogen-bond acceptors (Lipinski definition) is 8. The van der Waals surface area contributed by atoms with Gasteiger partial charge < -0.3 is 15.0 Å². The van der Waals surface area contributed by atoms with E-state index in [1.807, 2.05) is 45.3 Å². The van der Waals surface area contributed by atoms with Crippen LogP contribution in [0, 0.1) is 6.92 Å². The van der Waals surface area contributed by atoms with E-state index >= 15 is 0 Å². The molecule has 1 fully saturated rings. The summed E-state index contributed by atoms with van der Waals surface area (Å²) >= 11 is 14.8. The van der Waals surface area contributed by atoms with Crippen molar-refractivity contribution in [3.05, 3.63) is 40.2 Å². The normalized spacial score (nSPS) is 16.4. The Balaban J connectivity index is 1.60. The van der Waals surface area contributed by atoms with Gasteiger partial charge in [-0.05, 0) is 52.1 Å². The van der Waals surface area contributed by atoms with Gasteiger partial charge in [0.2, 0.25) is 0 Å².